The molecule has 2 heterocycles. The fraction of sp³-hybridized carbons (Fsp3) is 0.458. The van der Waals surface area contributed by atoms with E-state index in [1.165, 1.54) is 4.31 Å². The van der Waals surface area contributed by atoms with Crippen LogP contribution in [0.5, 0.6) is 11.5 Å². The van der Waals surface area contributed by atoms with E-state index in [1.807, 2.05) is 12.1 Å². The summed E-state index contributed by atoms with van der Waals surface area (Å²) in [6.07, 6.45) is 1.40. The predicted octanol–water partition coefficient (Wildman–Crippen LogP) is 2.58. The van der Waals surface area contributed by atoms with Crippen molar-refractivity contribution in [3.8, 4) is 11.5 Å². The number of benzene rings is 2. The first-order valence-corrected chi connectivity index (χ1v) is 12.8. The fourth-order valence-electron chi connectivity index (χ4n) is 4.31. The number of carbonyl (C=O) groups is 1. The van der Waals surface area contributed by atoms with Crippen LogP contribution in [0.15, 0.2) is 47.4 Å². The van der Waals surface area contributed by atoms with Crippen molar-refractivity contribution in [3.05, 3.63) is 42.5 Å². The van der Waals surface area contributed by atoms with Crippen LogP contribution in [-0.2, 0) is 19.6 Å². The highest BCUT2D eigenvalue weighted by Crippen LogP contribution is 2.31. The zero-order chi connectivity index (χ0) is 24.1. The van der Waals surface area contributed by atoms with Crippen LogP contribution in [0.25, 0.3) is 0 Å². The minimum Gasteiger partial charge on any atom is -0.497 e. The number of piperidine rings is 1. The number of morpholine rings is 1. The van der Waals surface area contributed by atoms with Crippen LogP contribution in [0.4, 0.5) is 11.4 Å². The van der Waals surface area contributed by atoms with Crippen LogP contribution in [0.3, 0.4) is 0 Å². The van der Waals surface area contributed by atoms with E-state index < -0.39 is 10.0 Å². The maximum atomic E-state index is 12.9. The summed E-state index contributed by atoms with van der Waals surface area (Å²) in [5, 5.41) is 2.97. The Bertz CT molecular complexity index is 1090. The molecular weight excluding hydrogens is 458 g/mol. The molecule has 9 nitrogen and oxygen atoms in total. The maximum absolute atomic E-state index is 12.9. The average molecular weight is 490 g/mol. The number of ether oxygens (including phenoxy) is 3. The molecule has 1 amide bonds. The van der Waals surface area contributed by atoms with Gasteiger partial charge in [0.25, 0.3) is 0 Å². The van der Waals surface area contributed by atoms with Crippen LogP contribution in [0, 0.1) is 5.92 Å². The lowest BCUT2D eigenvalue weighted by atomic mass is 9.95. The third-order valence-electron chi connectivity index (χ3n) is 6.34. The lowest BCUT2D eigenvalue weighted by Crippen LogP contribution is -2.40. The summed E-state index contributed by atoms with van der Waals surface area (Å²) >= 11 is 0. The maximum Gasteiger partial charge on any atom is 0.243 e. The van der Waals surface area contributed by atoms with Crippen molar-refractivity contribution in [3.63, 3.8) is 0 Å². The molecule has 0 spiro atoms. The third kappa shape index (κ3) is 5.29. The van der Waals surface area contributed by atoms with Crippen LogP contribution < -0.4 is 19.7 Å². The number of amides is 1. The summed E-state index contributed by atoms with van der Waals surface area (Å²) in [6.45, 7) is 3.02. The second-order valence-electron chi connectivity index (χ2n) is 8.33. The number of hydrogen-bond acceptors (Lipinski definition) is 7. The summed E-state index contributed by atoms with van der Waals surface area (Å²) in [7, 11) is -0.367. The minimum atomic E-state index is -3.51. The van der Waals surface area contributed by atoms with Crippen molar-refractivity contribution < 1.29 is 27.4 Å². The molecule has 0 atom stereocenters. The van der Waals surface area contributed by atoms with Gasteiger partial charge >= 0.3 is 0 Å². The van der Waals surface area contributed by atoms with Crippen molar-refractivity contribution >= 4 is 27.3 Å². The van der Waals surface area contributed by atoms with Gasteiger partial charge in [-0.2, -0.15) is 4.31 Å². The number of anilines is 2. The van der Waals surface area contributed by atoms with E-state index in [1.54, 1.807) is 44.6 Å². The summed E-state index contributed by atoms with van der Waals surface area (Å²) in [5.41, 5.74) is 1.54. The molecule has 2 fully saturated rings. The highest BCUT2D eigenvalue weighted by Gasteiger charge is 2.28. The van der Waals surface area contributed by atoms with E-state index in [0.29, 0.717) is 74.3 Å². The van der Waals surface area contributed by atoms with Gasteiger partial charge in [-0.3, -0.25) is 4.79 Å². The van der Waals surface area contributed by atoms with Gasteiger partial charge in [-0.25, -0.2) is 8.42 Å². The molecule has 2 aromatic rings. The van der Waals surface area contributed by atoms with E-state index >= 15 is 0 Å². The number of hydrogen-bond donors (Lipinski definition) is 1. The quantitative estimate of drug-likeness (QED) is 0.638. The molecule has 2 aliphatic rings. The fourth-order valence-corrected chi connectivity index (χ4v) is 5.72. The molecule has 2 saturated heterocycles. The lowest BCUT2D eigenvalue weighted by molar-refractivity contribution is -0.120. The van der Waals surface area contributed by atoms with Gasteiger partial charge in [0.05, 0.1) is 38.0 Å². The lowest BCUT2D eigenvalue weighted by Gasteiger charge is -2.33. The van der Waals surface area contributed by atoms with Gasteiger partial charge in [-0.15, -0.1) is 0 Å². The van der Waals surface area contributed by atoms with Crippen LogP contribution in [-0.4, -0.2) is 72.2 Å². The monoisotopic (exact) mass is 489 g/mol. The number of nitrogens with zero attached hydrogens (tertiary/aromatic N) is 2. The molecule has 2 aromatic carbocycles. The van der Waals surface area contributed by atoms with Crippen molar-refractivity contribution in [2.75, 3.05) is 63.8 Å². The van der Waals surface area contributed by atoms with E-state index in [-0.39, 0.29) is 11.8 Å². The van der Waals surface area contributed by atoms with Gasteiger partial charge in [0.1, 0.15) is 11.5 Å². The molecule has 2 aliphatic heterocycles. The molecule has 0 aromatic heterocycles. The number of rotatable bonds is 7. The van der Waals surface area contributed by atoms with Gasteiger partial charge in [-0.05, 0) is 49.2 Å². The first-order chi connectivity index (χ1) is 16.4. The Hall–Kier alpha value is -2.82. The Morgan fingerprint density at radius 3 is 2.26 bits per heavy atom. The first-order valence-electron chi connectivity index (χ1n) is 11.4. The second-order valence-corrected chi connectivity index (χ2v) is 10.3. The SMILES string of the molecule is COc1ccc(OC)c(NC(=O)C2CCN(c3ccc(S(=O)(=O)N4CCOCC4)cc3)CC2)c1. The Balaban J connectivity index is 1.35. The second kappa shape index (κ2) is 10.6. The average Bonchev–Trinajstić information content (AvgIpc) is 2.89. The summed E-state index contributed by atoms with van der Waals surface area (Å²) in [5.74, 6) is 1.06. The molecule has 184 valence electrons. The Labute approximate surface area is 200 Å². The predicted molar refractivity (Wildman–Crippen MR) is 129 cm³/mol. The smallest absolute Gasteiger partial charge is 0.243 e. The zero-order valence-corrected chi connectivity index (χ0v) is 20.3. The van der Waals surface area contributed by atoms with Gasteiger partial charge in [0.15, 0.2) is 0 Å². The largest absolute Gasteiger partial charge is 0.497 e. The number of sulfonamides is 1. The zero-order valence-electron chi connectivity index (χ0n) is 19.5. The van der Waals surface area contributed by atoms with E-state index in [4.69, 9.17) is 14.2 Å². The molecule has 10 heteroatoms. The standard InChI is InChI=1S/C24H31N3O6S/c1-31-20-5-8-23(32-2)22(17-20)25-24(28)18-9-11-26(12-10-18)19-3-6-21(7-4-19)34(29,30)27-13-15-33-16-14-27/h3-8,17-18H,9-16H2,1-2H3,(H,25,28). The molecule has 1 N–H and O–H groups in total. The molecule has 4 rings (SSSR count). The van der Waals surface area contributed by atoms with Crippen molar-refractivity contribution in [2.45, 2.75) is 17.7 Å². The Morgan fingerprint density at radius 2 is 1.65 bits per heavy atom. The van der Waals surface area contributed by atoms with Crippen LogP contribution in [0.2, 0.25) is 0 Å². The summed E-state index contributed by atoms with van der Waals surface area (Å²) in [6, 6.07) is 12.3. The minimum absolute atomic E-state index is 0.0434. The van der Waals surface area contributed by atoms with Gasteiger partial charge in [0, 0.05) is 43.9 Å². The normalized spacial score (nSPS) is 17.9. The molecule has 0 radical (unpaired) electrons. The molecule has 34 heavy (non-hydrogen) atoms. The van der Waals surface area contributed by atoms with Gasteiger partial charge in [0.2, 0.25) is 15.9 Å². The summed E-state index contributed by atoms with van der Waals surface area (Å²) < 4.78 is 43.0. The molecular formula is C24H31N3O6S. The number of carbonyl (C=O) groups excluding carboxylic acids is 1. The Kier molecular flexibility index (Phi) is 7.60. The van der Waals surface area contributed by atoms with Gasteiger partial charge < -0.3 is 24.4 Å². The van der Waals surface area contributed by atoms with Crippen molar-refractivity contribution in [1.82, 2.24) is 4.31 Å². The number of methoxy groups -OCH3 is 2. The first kappa shape index (κ1) is 24.3. The molecule has 0 aliphatic carbocycles. The summed E-state index contributed by atoms with van der Waals surface area (Å²) in [4.78, 5) is 15.4. The highest BCUT2D eigenvalue weighted by atomic mass is 32.2. The van der Waals surface area contributed by atoms with Gasteiger partial charge in [-0.1, -0.05) is 0 Å². The number of nitrogens with one attached hydrogen (secondary N) is 1. The van der Waals surface area contributed by atoms with E-state index in [9.17, 15) is 13.2 Å². The highest BCUT2D eigenvalue weighted by molar-refractivity contribution is 7.89. The van der Waals surface area contributed by atoms with Crippen molar-refractivity contribution in [2.24, 2.45) is 5.92 Å². The molecule has 0 saturated carbocycles. The van der Waals surface area contributed by atoms with Crippen LogP contribution in [0.1, 0.15) is 12.8 Å². The Morgan fingerprint density at radius 1 is 0.971 bits per heavy atom. The molecule has 0 unspecified atom stereocenters. The topological polar surface area (TPSA) is 97.4 Å². The van der Waals surface area contributed by atoms with E-state index in [2.05, 4.69) is 10.2 Å². The third-order valence-corrected chi connectivity index (χ3v) is 8.25. The molecule has 0 bridgehead atoms. The van der Waals surface area contributed by atoms with Crippen LogP contribution >= 0.6 is 0 Å². The van der Waals surface area contributed by atoms with E-state index in [0.717, 1.165) is 5.69 Å². The van der Waals surface area contributed by atoms with Crippen molar-refractivity contribution in [1.29, 1.82) is 0 Å².